The van der Waals surface area contributed by atoms with Crippen LogP contribution in [0.1, 0.15) is 142 Å². The fourth-order valence-electron chi connectivity index (χ4n) is 3.81. The van der Waals surface area contributed by atoms with Crippen molar-refractivity contribution in [2.45, 2.75) is 148 Å². The number of carbonyl (C=O) groups is 1. The van der Waals surface area contributed by atoms with Crippen LogP contribution < -0.4 is 5.32 Å². The fraction of sp³-hybridized carbons (Fsp3) is 0.889. The van der Waals surface area contributed by atoms with Gasteiger partial charge in [-0.25, -0.2) is 0 Å². The van der Waals surface area contributed by atoms with Gasteiger partial charge in [0.1, 0.15) is 0 Å². The van der Waals surface area contributed by atoms with Crippen LogP contribution in [0.5, 0.6) is 0 Å². The highest BCUT2D eigenvalue weighted by atomic mass is 16.3. The summed E-state index contributed by atoms with van der Waals surface area (Å²) < 4.78 is 0. The van der Waals surface area contributed by atoms with E-state index in [2.05, 4.69) is 24.4 Å². The molecule has 3 heteroatoms. The maximum atomic E-state index is 11.6. The number of carbonyl (C=O) groups excluding carboxylic acids is 1. The number of amides is 1. The van der Waals surface area contributed by atoms with Gasteiger partial charge in [-0.3, -0.25) is 4.79 Å². The average molecular weight is 424 g/mol. The lowest BCUT2D eigenvalue weighted by atomic mass is 10.0. The summed E-state index contributed by atoms with van der Waals surface area (Å²) in [5, 5.41) is 11.7. The molecule has 0 saturated carbocycles. The topological polar surface area (TPSA) is 49.3 Å². The van der Waals surface area contributed by atoms with E-state index >= 15 is 0 Å². The zero-order chi connectivity index (χ0) is 22.1. The predicted molar refractivity (Wildman–Crippen MR) is 132 cm³/mol. The quantitative estimate of drug-likeness (QED) is 0.130. The molecule has 1 amide bonds. The first-order chi connectivity index (χ1) is 14.7. The van der Waals surface area contributed by atoms with Crippen molar-refractivity contribution >= 4 is 5.91 Å². The van der Waals surface area contributed by atoms with E-state index < -0.39 is 0 Å². The molecule has 0 fully saturated rings. The van der Waals surface area contributed by atoms with Crippen molar-refractivity contribution in [3.8, 4) is 0 Å². The first kappa shape index (κ1) is 29.2. The number of aliphatic hydroxyl groups is 1. The second kappa shape index (κ2) is 24.4. The Kier molecular flexibility index (Phi) is 23.8. The van der Waals surface area contributed by atoms with E-state index in [0.717, 1.165) is 12.8 Å². The van der Waals surface area contributed by atoms with Crippen LogP contribution in [0.3, 0.4) is 0 Å². The van der Waals surface area contributed by atoms with Crippen molar-refractivity contribution in [3.05, 3.63) is 12.2 Å². The Labute approximate surface area is 188 Å². The van der Waals surface area contributed by atoms with Gasteiger partial charge in [-0.2, -0.15) is 0 Å². The van der Waals surface area contributed by atoms with E-state index in [4.69, 9.17) is 5.11 Å². The molecule has 2 N–H and O–H groups in total. The van der Waals surface area contributed by atoms with Crippen molar-refractivity contribution in [2.75, 3.05) is 6.61 Å². The summed E-state index contributed by atoms with van der Waals surface area (Å²) >= 11 is 0. The van der Waals surface area contributed by atoms with Crippen molar-refractivity contribution in [3.63, 3.8) is 0 Å². The Morgan fingerprint density at radius 2 is 1.10 bits per heavy atom. The highest BCUT2D eigenvalue weighted by molar-refractivity contribution is 5.76. The monoisotopic (exact) mass is 423 g/mol. The van der Waals surface area contributed by atoms with Gasteiger partial charge in [0.15, 0.2) is 0 Å². The Morgan fingerprint density at radius 3 is 1.53 bits per heavy atom. The molecule has 0 aromatic heterocycles. The summed E-state index contributed by atoms with van der Waals surface area (Å²) in [4.78, 5) is 11.6. The zero-order valence-corrected chi connectivity index (χ0v) is 20.4. The minimum absolute atomic E-state index is 0.0160. The fourth-order valence-corrected chi connectivity index (χ4v) is 3.81. The standard InChI is InChI=1S/C27H53NO2/c1-3-4-5-6-7-8-9-10-11-12-13-14-15-16-17-18-19-20-21-22-23-24-27(30)28-26(2)25-29/h10-11,26,29H,3-9,12-25H2,1-2H3,(H,28,30). The molecule has 0 bridgehead atoms. The van der Waals surface area contributed by atoms with Crippen LogP contribution in [0.25, 0.3) is 0 Å². The van der Waals surface area contributed by atoms with Gasteiger partial charge < -0.3 is 10.4 Å². The molecule has 0 aromatic rings. The third-order valence-electron chi connectivity index (χ3n) is 5.85. The maximum absolute atomic E-state index is 11.6. The third kappa shape index (κ3) is 23.4. The van der Waals surface area contributed by atoms with E-state index in [0.29, 0.717) is 6.42 Å². The van der Waals surface area contributed by atoms with Crippen molar-refractivity contribution in [1.82, 2.24) is 5.32 Å². The smallest absolute Gasteiger partial charge is 0.220 e. The minimum Gasteiger partial charge on any atom is -0.394 e. The maximum Gasteiger partial charge on any atom is 0.220 e. The molecule has 0 aliphatic heterocycles. The largest absolute Gasteiger partial charge is 0.394 e. The molecule has 0 aliphatic carbocycles. The van der Waals surface area contributed by atoms with Gasteiger partial charge in [0.2, 0.25) is 5.91 Å². The first-order valence-corrected chi connectivity index (χ1v) is 13.3. The molecule has 30 heavy (non-hydrogen) atoms. The van der Waals surface area contributed by atoms with Crippen LogP contribution in [-0.2, 0) is 4.79 Å². The van der Waals surface area contributed by atoms with Gasteiger partial charge in [-0.1, -0.05) is 109 Å². The van der Waals surface area contributed by atoms with Crippen LogP contribution in [0.15, 0.2) is 12.2 Å². The number of nitrogens with one attached hydrogen (secondary N) is 1. The first-order valence-electron chi connectivity index (χ1n) is 13.3. The van der Waals surface area contributed by atoms with Gasteiger partial charge in [-0.05, 0) is 39.0 Å². The van der Waals surface area contributed by atoms with E-state index in [-0.39, 0.29) is 18.6 Å². The molecule has 0 spiro atoms. The molecular formula is C27H53NO2. The molecule has 0 saturated heterocycles. The van der Waals surface area contributed by atoms with E-state index in [9.17, 15) is 4.79 Å². The Morgan fingerprint density at radius 1 is 0.700 bits per heavy atom. The predicted octanol–water partition coefficient (Wildman–Crippen LogP) is 7.86. The van der Waals surface area contributed by atoms with E-state index in [1.807, 2.05) is 6.92 Å². The summed E-state index contributed by atoms with van der Waals surface area (Å²) in [6, 6.07) is -0.121. The lowest BCUT2D eigenvalue weighted by molar-refractivity contribution is -0.122. The minimum atomic E-state index is -0.121. The van der Waals surface area contributed by atoms with Gasteiger partial charge >= 0.3 is 0 Å². The normalized spacial score (nSPS) is 12.5. The molecule has 3 nitrogen and oxygen atoms in total. The number of allylic oxidation sites excluding steroid dienone is 2. The number of hydrogen-bond acceptors (Lipinski definition) is 2. The van der Waals surface area contributed by atoms with Crippen molar-refractivity contribution in [1.29, 1.82) is 0 Å². The highest BCUT2D eigenvalue weighted by Crippen LogP contribution is 2.13. The lowest BCUT2D eigenvalue weighted by Crippen LogP contribution is -2.34. The molecule has 0 aliphatic rings. The summed E-state index contributed by atoms with van der Waals surface area (Å²) in [7, 11) is 0. The molecule has 0 aromatic carbocycles. The second-order valence-electron chi connectivity index (χ2n) is 9.11. The third-order valence-corrected chi connectivity index (χ3v) is 5.85. The Balaban J connectivity index is 3.16. The van der Waals surface area contributed by atoms with Gasteiger partial charge in [0, 0.05) is 12.5 Å². The Hall–Kier alpha value is -0.830. The van der Waals surface area contributed by atoms with Gasteiger partial charge in [0.05, 0.1) is 6.61 Å². The molecular weight excluding hydrogens is 370 g/mol. The molecule has 1 unspecified atom stereocenters. The number of hydrogen-bond donors (Lipinski definition) is 2. The molecule has 0 heterocycles. The van der Waals surface area contributed by atoms with E-state index in [1.165, 1.54) is 109 Å². The van der Waals surface area contributed by atoms with Crippen LogP contribution in [-0.4, -0.2) is 23.7 Å². The van der Waals surface area contributed by atoms with Gasteiger partial charge in [0.25, 0.3) is 0 Å². The van der Waals surface area contributed by atoms with Gasteiger partial charge in [-0.15, -0.1) is 0 Å². The number of rotatable bonds is 23. The lowest BCUT2D eigenvalue weighted by Gasteiger charge is -2.10. The van der Waals surface area contributed by atoms with Crippen molar-refractivity contribution < 1.29 is 9.90 Å². The van der Waals surface area contributed by atoms with Crippen molar-refractivity contribution in [2.24, 2.45) is 0 Å². The molecule has 0 rings (SSSR count). The SMILES string of the molecule is CCCCCCCCC=CCCCCCCCCCCCCCC(=O)NC(C)CO. The second-order valence-corrected chi connectivity index (χ2v) is 9.11. The highest BCUT2D eigenvalue weighted by Gasteiger charge is 2.05. The van der Waals surface area contributed by atoms with E-state index in [1.54, 1.807) is 0 Å². The summed E-state index contributed by atoms with van der Waals surface area (Å²) in [5.41, 5.74) is 0. The molecule has 1 atom stereocenters. The number of aliphatic hydroxyl groups excluding tert-OH is 1. The summed E-state index contributed by atoms with van der Waals surface area (Å²) in [6.45, 7) is 4.12. The Bertz CT molecular complexity index is 381. The van der Waals surface area contributed by atoms with Crippen LogP contribution in [0, 0.1) is 0 Å². The molecule has 178 valence electrons. The summed E-state index contributed by atoms with van der Waals surface area (Å²) in [5.74, 6) is 0.0739. The number of unbranched alkanes of at least 4 members (excludes halogenated alkanes) is 17. The average Bonchev–Trinajstić information content (AvgIpc) is 2.74. The summed E-state index contributed by atoms with van der Waals surface area (Å²) in [6.07, 6.45) is 30.6. The van der Waals surface area contributed by atoms with Crippen LogP contribution in [0.4, 0.5) is 0 Å². The molecule has 0 radical (unpaired) electrons. The zero-order valence-electron chi connectivity index (χ0n) is 20.4. The van der Waals surface area contributed by atoms with Crippen LogP contribution >= 0.6 is 0 Å². The van der Waals surface area contributed by atoms with Crippen LogP contribution in [0.2, 0.25) is 0 Å².